The number of hydrogen-bond donors (Lipinski definition) is 1. The van der Waals surface area contributed by atoms with E-state index in [1.165, 1.54) is 6.07 Å². The van der Waals surface area contributed by atoms with Crippen LogP contribution in [0.25, 0.3) is 0 Å². The van der Waals surface area contributed by atoms with Crippen LogP contribution in [0, 0.1) is 33.3 Å². The first kappa shape index (κ1) is 14.3. The summed E-state index contributed by atoms with van der Waals surface area (Å²) in [6.07, 6.45) is 3.28. The Kier molecular flexibility index (Phi) is 4.18. The van der Waals surface area contributed by atoms with Crippen LogP contribution in [0.3, 0.4) is 0 Å². The number of nitriles is 1. The molecular weight excluding hydrogens is 256 g/mol. The van der Waals surface area contributed by atoms with Crippen molar-refractivity contribution in [2.24, 2.45) is 11.8 Å². The standard InChI is InChI=1S/C14H18N4O2/c1-9-3-4-11(7-10(9)2)16-14-6-5-13(18(19)20)12(8-15)17-14/h5-6,9-11H,3-4,7H2,1-2H3,(H,16,17). The summed E-state index contributed by atoms with van der Waals surface area (Å²) in [5.41, 5.74) is -0.388. The molecule has 3 atom stereocenters. The van der Waals surface area contributed by atoms with Gasteiger partial charge in [-0.1, -0.05) is 13.8 Å². The Morgan fingerprint density at radius 1 is 1.40 bits per heavy atom. The molecule has 106 valence electrons. The third kappa shape index (κ3) is 3.05. The summed E-state index contributed by atoms with van der Waals surface area (Å²) >= 11 is 0. The second-order valence-electron chi connectivity index (χ2n) is 5.54. The number of pyridine rings is 1. The molecule has 1 saturated carbocycles. The van der Waals surface area contributed by atoms with Crippen molar-refractivity contribution in [3.8, 4) is 6.07 Å². The molecule has 2 rings (SSSR count). The lowest BCUT2D eigenvalue weighted by molar-refractivity contribution is -0.385. The highest BCUT2D eigenvalue weighted by Crippen LogP contribution is 2.31. The highest BCUT2D eigenvalue weighted by molar-refractivity contribution is 5.50. The molecule has 1 fully saturated rings. The summed E-state index contributed by atoms with van der Waals surface area (Å²) in [6, 6.07) is 5.01. The molecule has 1 aromatic heterocycles. The Balaban J connectivity index is 2.11. The molecule has 0 aromatic carbocycles. The largest absolute Gasteiger partial charge is 0.367 e. The quantitative estimate of drug-likeness (QED) is 0.675. The summed E-state index contributed by atoms with van der Waals surface area (Å²) in [5, 5.41) is 23.0. The summed E-state index contributed by atoms with van der Waals surface area (Å²) in [6.45, 7) is 4.50. The van der Waals surface area contributed by atoms with E-state index < -0.39 is 4.92 Å². The molecule has 0 aliphatic heterocycles. The van der Waals surface area contributed by atoms with Crippen LogP contribution in [0.5, 0.6) is 0 Å². The maximum Gasteiger partial charge on any atom is 0.305 e. The fourth-order valence-electron chi connectivity index (χ4n) is 2.65. The van der Waals surface area contributed by atoms with Crippen molar-refractivity contribution in [1.82, 2.24) is 4.98 Å². The summed E-state index contributed by atoms with van der Waals surface area (Å²) in [7, 11) is 0. The average molecular weight is 274 g/mol. The van der Waals surface area contributed by atoms with Gasteiger partial charge in [0.1, 0.15) is 11.9 Å². The van der Waals surface area contributed by atoms with E-state index in [9.17, 15) is 10.1 Å². The van der Waals surface area contributed by atoms with Crippen LogP contribution in [0.2, 0.25) is 0 Å². The predicted octanol–water partition coefficient (Wildman–Crippen LogP) is 3.10. The van der Waals surface area contributed by atoms with Gasteiger partial charge in [0.25, 0.3) is 0 Å². The van der Waals surface area contributed by atoms with Gasteiger partial charge in [0.05, 0.1) is 4.92 Å². The van der Waals surface area contributed by atoms with Crippen LogP contribution in [-0.2, 0) is 0 Å². The van der Waals surface area contributed by atoms with Gasteiger partial charge in [-0.25, -0.2) is 4.98 Å². The van der Waals surface area contributed by atoms with E-state index in [0.717, 1.165) is 25.2 Å². The number of nitrogens with zero attached hydrogens (tertiary/aromatic N) is 3. The van der Waals surface area contributed by atoms with Crippen LogP contribution in [-0.4, -0.2) is 15.9 Å². The predicted molar refractivity (Wildman–Crippen MR) is 75.2 cm³/mol. The van der Waals surface area contributed by atoms with Gasteiger partial charge >= 0.3 is 5.69 Å². The first-order valence-corrected chi connectivity index (χ1v) is 6.83. The number of nitrogens with one attached hydrogen (secondary N) is 1. The van der Waals surface area contributed by atoms with E-state index >= 15 is 0 Å². The van der Waals surface area contributed by atoms with Crippen LogP contribution < -0.4 is 5.32 Å². The Bertz CT molecular complexity index is 553. The van der Waals surface area contributed by atoms with Crippen molar-refractivity contribution < 1.29 is 4.92 Å². The van der Waals surface area contributed by atoms with E-state index in [0.29, 0.717) is 17.8 Å². The normalized spacial score (nSPS) is 25.8. The van der Waals surface area contributed by atoms with E-state index in [4.69, 9.17) is 5.26 Å². The molecule has 1 aromatic rings. The molecule has 1 aliphatic carbocycles. The third-order valence-electron chi connectivity index (χ3n) is 4.13. The van der Waals surface area contributed by atoms with Crippen molar-refractivity contribution in [3.05, 3.63) is 27.9 Å². The molecule has 6 nitrogen and oxygen atoms in total. The minimum Gasteiger partial charge on any atom is -0.367 e. The Labute approximate surface area is 118 Å². The summed E-state index contributed by atoms with van der Waals surface area (Å²) in [4.78, 5) is 14.2. The minimum absolute atomic E-state index is 0.141. The number of hydrogen-bond acceptors (Lipinski definition) is 5. The Morgan fingerprint density at radius 2 is 2.15 bits per heavy atom. The second-order valence-corrected chi connectivity index (χ2v) is 5.54. The van der Waals surface area contributed by atoms with E-state index in [1.807, 2.05) is 0 Å². The van der Waals surface area contributed by atoms with Crippen LogP contribution in [0.15, 0.2) is 12.1 Å². The van der Waals surface area contributed by atoms with Crippen molar-refractivity contribution in [2.75, 3.05) is 5.32 Å². The fraction of sp³-hybridized carbons (Fsp3) is 0.571. The number of anilines is 1. The van der Waals surface area contributed by atoms with Gasteiger partial charge in [-0.15, -0.1) is 0 Å². The first-order valence-electron chi connectivity index (χ1n) is 6.83. The van der Waals surface area contributed by atoms with E-state index in [2.05, 4.69) is 24.1 Å². The maximum absolute atomic E-state index is 10.8. The van der Waals surface area contributed by atoms with E-state index in [1.54, 1.807) is 12.1 Å². The molecule has 0 bridgehead atoms. The van der Waals surface area contributed by atoms with Gasteiger partial charge in [0.2, 0.25) is 5.69 Å². The first-order chi connectivity index (χ1) is 9.51. The lowest BCUT2D eigenvalue weighted by atomic mass is 9.79. The van der Waals surface area contributed by atoms with Gasteiger partial charge < -0.3 is 5.32 Å². The summed E-state index contributed by atoms with van der Waals surface area (Å²) < 4.78 is 0. The molecule has 0 amide bonds. The smallest absolute Gasteiger partial charge is 0.305 e. The zero-order chi connectivity index (χ0) is 14.7. The SMILES string of the molecule is CC1CCC(Nc2ccc([N+](=O)[O-])c(C#N)n2)CC1C. The minimum atomic E-state index is -0.584. The molecule has 0 radical (unpaired) electrons. The second kappa shape index (κ2) is 5.87. The molecular formula is C14H18N4O2. The summed E-state index contributed by atoms with van der Waals surface area (Å²) in [5.74, 6) is 1.92. The van der Waals surface area contributed by atoms with Crippen molar-refractivity contribution >= 4 is 11.5 Å². The van der Waals surface area contributed by atoms with Crippen molar-refractivity contribution in [1.29, 1.82) is 5.26 Å². The Hall–Kier alpha value is -2.16. The number of aromatic nitrogens is 1. The number of rotatable bonds is 3. The third-order valence-corrected chi connectivity index (χ3v) is 4.13. The maximum atomic E-state index is 10.8. The monoisotopic (exact) mass is 274 g/mol. The van der Waals surface area contributed by atoms with Crippen LogP contribution in [0.1, 0.15) is 38.8 Å². The van der Waals surface area contributed by atoms with Gasteiger partial charge in [-0.05, 0) is 37.2 Å². The zero-order valence-corrected chi connectivity index (χ0v) is 11.7. The lowest BCUT2D eigenvalue weighted by Crippen LogP contribution is -2.30. The van der Waals surface area contributed by atoms with Crippen molar-refractivity contribution in [2.45, 2.75) is 39.2 Å². The molecule has 0 spiro atoms. The highest BCUT2D eigenvalue weighted by Gasteiger charge is 2.25. The molecule has 1 aliphatic rings. The molecule has 3 unspecified atom stereocenters. The van der Waals surface area contributed by atoms with Gasteiger partial charge in [-0.3, -0.25) is 10.1 Å². The topological polar surface area (TPSA) is 91.9 Å². The molecule has 20 heavy (non-hydrogen) atoms. The average Bonchev–Trinajstić information content (AvgIpc) is 2.42. The van der Waals surface area contributed by atoms with Crippen LogP contribution in [0.4, 0.5) is 11.5 Å². The van der Waals surface area contributed by atoms with Gasteiger partial charge in [0.15, 0.2) is 0 Å². The van der Waals surface area contributed by atoms with E-state index in [-0.39, 0.29) is 11.4 Å². The fourth-order valence-corrected chi connectivity index (χ4v) is 2.65. The van der Waals surface area contributed by atoms with Crippen molar-refractivity contribution in [3.63, 3.8) is 0 Å². The lowest BCUT2D eigenvalue weighted by Gasteiger charge is -2.32. The molecule has 1 N–H and O–H groups in total. The molecule has 1 heterocycles. The van der Waals surface area contributed by atoms with Gasteiger partial charge in [0, 0.05) is 12.1 Å². The van der Waals surface area contributed by atoms with Gasteiger partial charge in [-0.2, -0.15) is 5.26 Å². The number of nitro groups is 1. The highest BCUT2D eigenvalue weighted by atomic mass is 16.6. The van der Waals surface area contributed by atoms with Crippen LogP contribution >= 0.6 is 0 Å². The molecule has 0 saturated heterocycles. The zero-order valence-electron chi connectivity index (χ0n) is 11.7. The Morgan fingerprint density at radius 3 is 2.75 bits per heavy atom. The molecule has 6 heteroatoms.